The molecule has 1 saturated heterocycles. The zero-order valence-corrected chi connectivity index (χ0v) is 15.3. The van der Waals surface area contributed by atoms with Gasteiger partial charge in [0.25, 0.3) is 0 Å². The fraction of sp³-hybridized carbons (Fsp3) is 0.353. The van der Waals surface area contributed by atoms with Crippen LogP contribution in [0.1, 0.15) is 25.5 Å². The van der Waals surface area contributed by atoms with Gasteiger partial charge in [-0.15, -0.1) is 0 Å². The molecule has 0 aliphatic carbocycles. The fourth-order valence-electron chi connectivity index (χ4n) is 3.07. The van der Waals surface area contributed by atoms with Gasteiger partial charge in [0.1, 0.15) is 23.7 Å². The van der Waals surface area contributed by atoms with E-state index in [1.54, 1.807) is 12.6 Å². The standard InChI is InChI=1S/C17H17ClN4O2S/c1-25(23)12-6-4-5-11(9-12)14-15-16(21-17(18)20-14)22(10-19-15)13-7-2-3-8-24-13/h4-6,9-10,13H,2-3,7-8H2,1H3. The molecule has 25 heavy (non-hydrogen) atoms. The summed E-state index contributed by atoms with van der Waals surface area (Å²) in [4.78, 5) is 14.0. The van der Waals surface area contributed by atoms with Gasteiger partial charge in [-0.1, -0.05) is 12.1 Å². The van der Waals surface area contributed by atoms with Crippen LogP contribution in [0.25, 0.3) is 22.4 Å². The average Bonchev–Trinajstić information content (AvgIpc) is 3.05. The summed E-state index contributed by atoms with van der Waals surface area (Å²) in [5.41, 5.74) is 2.77. The molecule has 8 heteroatoms. The van der Waals surface area contributed by atoms with Gasteiger partial charge in [-0.2, -0.15) is 4.98 Å². The average molecular weight is 377 g/mol. The van der Waals surface area contributed by atoms with Crippen molar-refractivity contribution < 1.29 is 9.29 Å². The van der Waals surface area contributed by atoms with E-state index in [9.17, 15) is 4.55 Å². The predicted octanol–water partition coefficient (Wildman–Crippen LogP) is 3.58. The Bertz CT molecular complexity index is 909. The molecule has 0 radical (unpaired) electrons. The Hall–Kier alpha value is -1.67. The number of hydrogen-bond donors (Lipinski definition) is 0. The monoisotopic (exact) mass is 376 g/mol. The summed E-state index contributed by atoms with van der Waals surface area (Å²) in [7, 11) is 0. The molecule has 2 atom stereocenters. The lowest BCUT2D eigenvalue weighted by Crippen LogP contribution is -2.17. The van der Waals surface area contributed by atoms with E-state index < -0.39 is 11.2 Å². The molecule has 0 spiro atoms. The van der Waals surface area contributed by atoms with Gasteiger partial charge in [-0.3, -0.25) is 4.57 Å². The summed E-state index contributed by atoms with van der Waals surface area (Å²) in [6.45, 7) is 0.736. The molecule has 0 bridgehead atoms. The Morgan fingerprint density at radius 2 is 2.20 bits per heavy atom. The molecular formula is C17H17ClN4O2S. The van der Waals surface area contributed by atoms with Crippen molar-refractivity contribution >= 4 is 33.9 Å². The molecule has 130 valence electrons. The van der Waals surface area contributed by atoms with Crippen LogP contribution in [0, 0.1) is 0 Å². The molecule has 3 heterocycles. The van der Waals surface area contributed by atoms with E-state index in [0.717, 1.165) is 36.3 Å². The number of hydrogen-bond acceptors (Lipinski definition) is 5. The first-order valence-corrected chi connectivity index (χ1v) is 10.0. The Balaban J connectivity index is 1.85. The van der Waals surface area contributed by atoms with Crippen molar-refractivity contribution in [2.75, 3.05) is 12.9 Å². The van der Waals surface area contributed by atoms with Crippen molar-refractivity contribution in [1.82, 2.24) is 19.5 Å². The molecule has 1 fully saturated rings. The third kappa shape index (κ3) is 3.25. The SMILES string of the molecule is C[S+]([O-])c1cccc(-c2nc(Cl)nc3c2ncn3C2CCCCO2)c1. The summed E-state index contributed by atoms with van der Waals surface area (Å²) < 4.78 is 19.6. The number of halogens is 1. The van der Waals surface area contributed by atoms with E-state index in [0.29, 0.717) is 16.9 Å². The summed E-state index contributed by atoms with van der Waals surface area (Å²) in [6, 6.07) is 7.44. The summed E-state index contributed by atoms with van der Waals surface area (Å²) >= 11 is 5.11. The Morgan fingerprint density at radius 1 is 1.32 bits per heavy atom. The first-order chi connectivity index (χ1) is 12.1. The predicted molar refractivity (Wildman–Crippen MR) is 96.9 cm³/mol. The van der Waals surface area contributed by atoms with Gasteiger partial charge >= 0.3 is 0 Å². The van der Waals surface area contributed by atoms with Gasteiger partial charge in [0, 0.05) is 18.2 Å². The molecule has 0 amide bonds. The van der Waals surface area contributed by atoms with Gasteiger partial charge in [0.15, 0.2) is 10.5 Å². The number of ether oxygens (including phenoxy) is 1. The second-order valence-electron chi connectivity index (χ2n) is 5.97. The number of imidazole rings is 1. The van der Waals surface area contributed by atoms with Crippen LogP contribution in [-0.4, -0.2) is 36.9 Å². The molecule has 1 aromatic carbocycles. The molecular weight excluding hydrogens is 360 g/mol. The van der Waals surface area contributed by atoms with Gasteiger partial charge in [0.05, 0.1) is 6.33 Å². The van der Waals surface area contributed by atoms with Gasteiger partial charge in [0.2, 0.25) is 5.28 Å². The summed E-state index contributed by atoms with van der Waals surface area (Å²) in [5.74, 6) is 0. The minimum atomic E-state index is -1.07. The largest absolute Gasteiger partial charge is 0.612 e. The molecule has 2 unspecified atom stereocenters. The van der Waals surface area contributed by atoms with E-state index in [-0.39, 0.29) is 11.5 Å². The first-order valence-electron chi connectivity index (χ1n) is 8.09. The van der Waals surface area contributed by atoms with Crippen molar-refractivity contribution in [3.63, 3.8) is 0 Å². The first kappa shape index (κ1) is 16.8. The molecule has 6 nitrogen and oxygen atoms in total. The minimum Gasteiger partial charge on any atom is -0.612 e. The van der Waals surface area contributed by atoms with E-state index in [1.165, 1.54) is 0 Å². The lowest BCUT2D eigenvalue weighted by atomic mass is 10.1. The highest BCUT2D eigenvalue weighted by atomic mass is 35.5. The van der Waals surface area contributed by atoms with Crippen molar-refractivity contribution in [2.24, 2.45) is 0 Å². The smallest absolute Gasteiger partial charge is 0.225 e. The third-order valence-corrected chi connectivity index (χ3v) is 5.39. The summed E-state index contributed by atoms with van der Waals surface area (Å²) in [5, 5.41) is 0.156. The van der Waals surface area contributed by atoms with E-state index >= 15 is 0 Å². The van der Waals surface area contributed by atoms with Crippen LogP contribution in [0.3, 0.4) is 0 Å². The number of nitrogens with zero attached hydrogens (tertiary/aromatic N) is 4. The van der Waals surface area contributed by atoms with E-state index in [2.05, 4.69) is 15.0 Å². The van der Waals surface area contributed by atoms with Gasteiger partial charge in [-0.05, 0) is 48.1 Å². The molecule has 1 aliphatic rings. The van der Waals surface area contributed by atoms with Crippen LogP contribution in [-0.2, 0) is 15.9 Å². The van der Waals surface area contributed by atoms with E-state index in [1.807, 2.05) is 28.8 Å². The van der Waals surface area contributed by atoms with Crippen molar-refractivity contribution in [1.29, 1.82) is 0 Å². The van der Waals surface area contributed by atoms with Crippen LogP contribution in [0.5, 0.6) is 0 Å². The van der Waals surface area contributed by atoms with Crippen LogP contribution in [0.15, 0.2) is 35.5 Å². The molecule has 2 aromatic heterocycles. The highest BCUT2D eigenvalue weighted by molar-refractivity contribution is 7.90. The van der Waals surface area contributed by atoms with Crippen LogP contribution in [0.4, 0.5) is 0 Å². The number of benzene rings is 1. The zero-order chi connectivity index (χ0) is 17.4. The topological polar surface area (TPSA) is 75.9 Å². The normalized spacial score (nSPS) is 19.2. The maximum absolute atomic E-state index is 11.8. The Morgan fingerprint density at radius 3 is 2.96 bits per heavy atom. The van der Waals surface area contributed by atoms with E-state index in [4.69, 9.17) is 16.3 Å². The van der Waals surface area contributed by atoms with Crippen molar-refractivity contribution in [3.05, 3.63) is 35.9 Å². The Labute approximate surface area is 153 Å². The molecule has 3 aromatic rings. The summed E-state index contributed by atoms with van der Waals surface area (Å²) in [6.07, 6.45) is 6.42. The van der Waals surface area contributed by atoms with Crippen LogP contribution >= 0.6 is 11.6 Å². The number of aromatic nitrogens is 4. The highest BCUT2D eigenvalue weighted by Crippen LogP contribution is 2.31. The van der Waals surface area contributed by atoms with Crippen molar-refractivity contribution in [2.45, 2.75) is 30.4 Å². The zero-order valence-electron chi connectivity index (χ0n) is 13.7. The quantitative estimate of drug-likeness (QED) is 0.515. The highest BCUT2D eigenvalue weighted by Gasteiger charge is 2.22. The minimum absolute atomic E-state index is 0.0768. The number of rotatable bonds is 3. The fourth-order valence-corrected chi connectivity index (χ4v) is 3.80. The molecule has 0 N–H and O–H groups in total. The molecule has 0 saturated carbocycles. The van der Waals surface area contributed by atoms with Crippen molar-refractivity contribution in [3.8, 4) is 11.3 Å². The Kier molecular flexibility index (Phi) is 4.64. The van der Waals surface area contributed by atoms with Gasteiger partial charge < -0.3 is 9.29 Å². The number of fused-ring (bicyclic) bond motifs is 1. The third-order valence-electron chi connectivity index (χ3n) is 4.30. The second kappa shape index (κ2) is 6.92. The van der Waals surface area contributed by atoms with Gasteiger partial charge in [-0.25, -0.2) is 9.97 Å². The van der Waals surface area contributed by atoms with Crippen LogP contribution in [0.2, 0.25) is 5.28 Å². The lowest BCUT2D eigenvalue weighted by molar-refractivity contribution is -0.0298. The molecule has 1 aliphatic heterocycles. The maximum atomic E-state index is 11.8. The van der Waals surface area contributed by atoms with Crippen LogP contribution < -0.4 is 0 Å². The second-order valence-corrected chi connectivity index (χ2v) is 7.69. The maximum Gasteiger partial charge on any atom is 0.225 e. The molecule has 4 rings (SSSR count). The lowest BCUT2D eigenvalue weighted by Gasteiger charge is -2.23.